The molecule has 64 heavy (non-hydrogen) atoms. The maximum absolute atomic E-state index is 16.6. The number of nitrogens with one attached hydrogen (secondary N) is 4. The maximum atomic E-state index is 16.6. The Kier molecular flexibility index (Phi) is 11.3. The second-order valence-electron chi connectivity index (χ2n) is 18.3. The third kappa shape index (κ3) is 7.37. The van der Waals surface area contributed by atoms with Gasteiger partial charge >= 0.3 is 6.09 Å². The highest BCUT2D eigenvalue weighted by atomic mass is 19.3. The molecule has 9 rings (SSSR count). The van der Waals surface area contributed by atoms with Gasteiger partial charge in [0.1, 0.15) is 17.7 Å². The quantitative estimate of drug-likeness (QED) is 0.0910. The predicted molar refractivity (Wildman–Crippen MR) is 234 cm³/mol. The Balaban J connectivity index is 0.961. The van der Waals surface area contributed by atoms with Crippen LogP contribution in [0.3, 0.4) is 0 Å². The molecule has 0 radical (unpaired) electrons. The molecular formula is C48H53F2N9O5. The van der Waals surface area contributed by atoms with Crippen molar-refractivity contribution in [2.24, 2.45) is 23.7 Å². The van der Waals surface area contributed by atoms with Gasteiger partial charge < -0.3 is 34.6 Å². The molecule has 2 aliphatic heterocycles. The molecule has 334 valence electrons. The zero-order chi connectivity index (χ0) is 45.2. The molecule has 2 bridgehead atoms. The number of carbonyl (C=O) groups excluding carboxylic acids is 3. The predicted octanol–water partition coefficient (Wildman–Crippen LogP) is 7.80. The van der Waals surface area contributed by atoms with Gasteiger partial charge in [0.2, 0.25) is 11.8 Å². The summed E-state index contributed by atoms with van der Waals surface area (Å²) in [5.74, 6) is -2.82. The average molecular weight is 874 g/mol. The minimum absolute atomic E-state index is 0.0372. The van der Waals surface area contributed by atoms with Crippen LogP contribution in [0.15, 0.2) is 60.8 Å². The lowest BCUT2D eigenvalue weighted by Crippen LogP contribution is -2.54. The zero-order valence-electron chi connectivity index (χ0n) is 36.7. The number of imidazole rings is 2. The van der Waals surface area contributed by atoms with Crippen molar-refractivity contribution < 1.29 is 32.6 Å². The molecule has 1 saturated carbocycles. The zero-order valence-corrected chi connectivity index (χ0v) is 36.7. The van der Waals surface area contributed by atoms with Gasteiger partial charge in [0.25, 0.3) is 5.92 Å². The van der Waals surface area contributed by atoms with Crippen LogP contribution >= 0.6 is 0 Å². The summed E-state index contributed by atoms with van der Waals surface area (Å²) in [4.78, 5) is 60.0. The summed E-state index contributed by atoms with van der Waals surface area (Å²) in [6.07, 6.45) is 4.05. The molecule has 7 atom stereocenters. The second-order valence-corrected chi connectivity index (χ2v) is 18.3. The van der Waals surface area contributed by atoms with Gasteiger partial charge in [0, 0.05) is 36.4 Å². The third-order valence-electron chi connectivity index (χ3n) is 13.7. The lowest BCUT2D eigenvalue weighted by atomic mass is 9.95. The number of H-pyrrole nitrogens is 2. The number of methoxy groups -OCH3 is 2. The van der Waals surface area contributed by atoms with E-state index >= 15 is 8.78 Å². The molecule has 2 aromatic heterocycles. The van der Waals surface area contributed by atoms with E-state index in [-0.39, 0.29) is 72.0 Å². The van der Waals surface area contributed by atoms with Crippen LogP contribution in [0.2, 0.25) is 0 Å². The van der Waals surface area contributed by atoms with Crippen LogP contribution < -0.4 is 10.6 Å². The number of rotatable bonds is 12. The number of aromatic amines is 2. The van der Waals surface area contributed by atoms with Crippen LogP contribution in [-0.2, 0) is 25.0 Å². The van der Waals surface area contributed by atoms with E-state index in [1.807, 2.05) is 56.9 Å². The van der Waals surface area contributed by atoms with E-state index in [9.17, 15) is 19.6 Å². The summed E-state index contributed by atoms with van der Waals surface area (Å²) in [6.45, 7) is 8.12. The lowest BCUT2D eigenvalue weighted by Gasteiger charge is -2.37. The number of nitriles is 1. The molecule has 5 aromatic rings. The molecule has 16 heteroatoms. The van der Waals surface area contributed by atoms with E-state index in [0.29, 0.717) is 51.5 Å². The van der Waals surface area contributed by atoms with Crippen LogP contribution in [0.5, 0.6) is 0 Å². The smallest absolute Gasteiger partial charge is 0.407 e. The van der Waals surface area contributed by atoms with Gasteiger partial charge in [0.05, 0.1) is 66.9 Å². The highest BCUT2D eigenvalue weighted by molar-refractivity contribution is 5.89. The van der Waals surface area contributed by atoms with Crippen molar-refractivity contribution in [1.82, 2.24) is 40.4 Å². The van der Waals surface area contributed by atoms with Gasteiger partial charge in [-0.05, 0) is 90.0 Å². The summed E-state index contributed by atoms with van der Waals surface area (Å²) >= 11 is 0. The van der Waals surface area contributed by atoms with Crippen molar-refractivity contribution in [3.8, 4) is 39.6 Å². The van der Waals surface area contributed by atoms with Crippen molar-refractivity contribution in [1.29, 1.82) is 5.26 Å². The number of amides is 3. The molecule has 0 spiro atoms. The number of piperidine rings is 1. The van der Waals surface area contributed by atoms with Crippen LogP contribution in [0, 0.1) is 35.0 Å². The molecule has 14 nitrogen and oxygen atoms in total. The normalized spacial score (nSPS) is 22.8. The summed E-state index contributed by atoms with van der Waals surface area (Å²) in [5.41, 5.74) is 4.54. The SMILES string of the molecule is COCNC(C(=O)N1CC(C#N)CC1c1ncc(-c2ccc3c(c2)C(F)(F)c2cc(-c4ccc5nc(C6C7CCC(C7)N6C(=O)C(NC(=O)OC)C(C)C)[nH]c5c4)ccc2-3)[nH]1)C(C)C. The topological polar surface area (TPSA) is 181 Å². The number of fused-ring (bicyclic) bond motifs is 6. The molecule has 4 heterocycles. The minimum Gasteiger partial charge on any atom is -0.453 e. The van der Waals surface area contributed by atoms with Gasteiger partial charge in [-0.2, -0.15) is 14.0 Å². The number of ether oxygens (including phenoxy) is 2. The molecule has 2 saturated heterocycles. The number of hydrogen-bond donors (Lipinski definition) is 4. The van der Waals surface area contributed by atoms with E-state index in [2.05, 4.69) is 31.7 Å². The Hall–Kier alpha value is -6.18. The van der Waals surface area contributed by atoms with E-state index < -0.39 is 30.1 Å². The Morgan fingerprint density at radius 2 is 1.58 bits per heavy atom. The van der Waals surface area contributed by atoms with E-state index in [4.69, 9.17) is 14.5 Å². The number of carbonyl (C=O) groups is 3. The summed E-state index contributed by atoms with van der Waals surface area (Å²) in [5, 5.41) is 15.7. The number of hydrogen-bond acceptors (Lipinski definition) is 9. The number of alkyl halides is 2. The first-order valence-corrected chi connectivity index (χ1v) is 22.0. The number of benzene rings is 3. The van der Waals surface area contributed by atoms with Gasteiger partial charge in [-0.25, -0.2) is 14.8 Å². The molecular weight excluding hydrogens is 821 g/mol. The standard InChI is InChI=1S/C48H53F2N9O5/c1-24(2)40(53-23-63-5)45(60)58-22-26(20-51)15-39(58)43-52-21-38(56-43)29-9-13-33-32-12-8-27(17-34(32)48(49,50)35(33)18-29)28-10-14-36-37(19-28)55-44(54-36)42-30-7-11-31(16-30)59(42)46(61)41(25(3)4)57-47(62)64-6/h8-10,12-14,17-19,21,24-26,30-31,39-42,53H,7,11,15-16,22-23H2,1-6H3,(H,52,56)(H,54,55)(H,57,62). The van der Waals surface area contributed by atoms with Crippen LogP contribution in [-0.4, -0.2) is 93.3 Å². The first-order chi connectivity index (χ1) is 30.7. The summed E-state index contributed by atoms with van der Waals surface area (Å²) in [7, 11) is 2.82. The number of aromatic nitrogens is 4. The second kappa shape index (κ2) is 16.7. The summed E-state index contributed by atoms with van der Waals surface area (Å²) < 4.78 is 43.3. The molecule has 7 unspecified atom stereocenters. The van der Waals surface area contributed by atoms with Crippen LogP contribution in [0.1, 0.15) is 88.2 Å². The van der Waals surface area contributed by atoms with Gasteiger partial charge in [-0.3, -0.25) is 14.9 Å². The fourth-order valence-corrected chi connectivity index (χ4v) is 10.5. The van der Waals surface area contributed by atoms with Crippen molar-refractivity contribution in [2.75, 3.05) is 27.5 Å². The number of halogens is 2. The van der Waals surface area contributed by atoms with Gasteiger partial charge in [0.15, 0.2) is 0 Å². The Labute approximate surface area is 370 Å². The summed E-state index contributed by atoms with van der Waals surface area (Å²) in [6, 6.07) is 16.1. The molecule has 2 aliphatic carbocycles. The largest absolute Gasteiger partial charge is 0.453 e. The van der Waals surface area contributed by atoms with Crippen molar-refractivity contribution in [2.45, 2.75) is 89.5 Å². The third-order valence-corrected chi connectivity index (χ3v) is 13.7. The molecule has 3 fully saturated rings. The Morgan fingerprint density at radius 3 is 2.27 bits per heavy atom. The van der Waals surface area contributed by atoms with Gasteiger partial charge in [-0.1, -0.05) is 58.0 Å². The van der Waals surface area contributed by atoms with Crippen molar-refractivity contribution in [3.63, 3.8) is 0 Å². The van der Waals surface area contributed by atoms with E-state index in [1.165, 1.54) is 13.2 Å². The molecule has 4 aliphatic rings. The molecule has 3 amide bonds. The fourth-order valence-electron chi connectivity index (χ4n) is 10.5. The average Bonchev–Trinajstić information content (AvgIpc) is 4.16. The Bertz CT molecular complexity index is 2670. The first kappa shape index (κ1) is 43.1. The molecule has 3 aromatic carbocycles. The van der Waals surface area contributed by atoms with Crippen LogP contribution in [0.25, 0.3) is 44.5 Å². The minimum atomic E-state index is -3.30. The monoisotopic (exact) mass is 873 g/mol. The van der Waals surface area contributed by atoms with Gasteiger partial charge in [-0.15, -0.1) is 0 Å². The molecule has 4 N–H and O–H groups in total. The van der Waals surface area contributed by atoms with Crippen molar-refractivity contribution >= 4 is 28.9 Å². The van der Waals surface area contributed by atoms with Crippen molar-refractivity contribution in [3.05, 3.63) is 83.6 Å². The lowest BCUT2D eigenvalue weighted by molar-refractivity contribution is -0.139. The van der Waals surface area contributed by atoms with E-state index in [0.717, 1.165) is 30.3 Å². The first-order valence-electron chi connectivity index (χ1n) is 22.0. The number of nitrogens with zero attached hydrogens (tertiary/aromatic N) is 5. The van der Waals surface area contributed by atoms with Crippen LogP contribution in [0.4, 0.5) is 13.6 Å². The fraction of sp³-hybridized carbons (Fsp3) is 0.458. The highest BCUT2D eigenvalue weighted by Crippen LogP contribution is 2.53. The highest BCUT2D eigenvalue weighted by Gasteiger charge is 2.52. The Morgan fingerprint density at radius 1 is 0.891 bits per heavy atom. The number of likely N-dealkylation sites (tertiary alicyclic amines) is 2. The number of alkyl carbamates (subject to hydrolysis) is 1. The maximum Gasteiger partial charge on any atom is 0.407 e. The van der Waals surface area contributed by atoms with E-state index in [1.54, 1.807) is 42.5 Å².